The van der Waals surface area contributed by atoms with Crippen LogP contribution < -0.4 is 5.32 Å². The molecule has 4 heteroatoms. The molecule has 0 saturated carbocycles. The van der Waals surface area contributed by atoms with Crippen LogP contribution in [0.15, 0.2) is 12.1 Å². The SMILES string of the molecule is Cc1cc(C2COCCN2)cc(Cl)c1O. The minimum absolute atomic E-state index is 0.164. The van der Waals surface area contributed by atoms with Crippen molar-refractivity contribution in [1.29, 1.82) is 0 Å². The van der Waals surface area contributed by atoms with E-state index in [1.165, 1.54) is 0 Å². The first kappa shape index (κ1) is 10.7. The fourth-order valence-electron chi connectivity index (χ4n) is 1.74. The van der Waals surface area contributed by atoms with Gasteiger partial charge in [-0.15, -0.1) is 0 Å². The summed E-state index contributed by atoms with van der Waals surface area (Å²) in [5.74, 6) is 0.164. The number of phenolic OH excluding ortho intramolecular Hbond substituents is 1. The zero-order valence-electron chi connectivity index (χ0n) is 8.59. The summed E-state index contributed by atoms with van der Waals surface area (Å²) < 4.78 is 5.38. The maximum Gasteiger partial charge on any atom is 0.137 e. The van der Waals surface area contributed by atoms with E-state index in [1.54, 1.807) is 6.07 Å². The van der Waals surface area contributed by atoms with Gasteiger partial charge in [-0.1, -0.05) is 17.7 Å². The first-order valence-electron chi connectivity index (χ1n) is 4.98. The second-order valence-corrected chi connectivity index (χ2v) is 4.16. The van der Waals surface area contributed by atoms with Gasteiger partial charge in [0, 0.05) is 6.54 Å². The Balaban J connectivity index is 2.27. The van der Waals surface area contributed by atoms with Crippen LogP contribution >= 0.6 is 11.6 Å². The van der Waals surface area contributed by atoms with E-state index in [0.29, 0.717) is 11.6 Å². The predicted octanol–water partition coefficient (Wildman–Crippen LogP) is 2.01. The van der Waals surface area contributed by atoms with Gasteiger partial charge in [0.25, 0.3) is 0 Å². The van der Waals surface area contributed by atoms with Crippen molar-refractivity contribution < 1.29 is 9.84 Å². The normalized spacial score (nSPS) is 21.6. The van der Waals surface area contributed by atoms with Crippen molar-refractivity contribution in [3.05, 3.63) is 28.3 Å². The molecule has 1 atom stereocenters. The third-order valence-corrected chi connectivity index (χ3v) is 2.89. The van der Waals surface area contributed by atoms with E-state index in [0.717, 1.165) is 24.3 Å². The largest absolute Gasteiger partial charge is 0.506 e. The van der Waals surface area contributed by atoms with Crippen molar-refractivity contribution >= 4 is 11.6 Å². The van der Waals surface area contributed by atoms with Gasteiger partial charge in [0.05, 0.1) is 24.3 Å². The molecule has 0 aliphatic carbocycles. The molecule has 2 rings (SSSR count). The lowest BCUT2D eigenvalue weighted by Gasteiger charge is -2.24. The first-order chi connectivity index (χ1) is 7.18. The number of benzene rings is 1. The van der Waals surface area contributed by atoms with Gasteiger partial charge in [-0.05, 0) is 24.1 Å². The van der Waals surface area contributed by atoms with Crippen LogP contribution in [0.1, 0.15) is 17.2 Å². The maximum absolute atomic E-state index is 9.55. The van der Waals surface area contributed by atoms with Crippen LogP contribution in [0.5, 0.6) is 5.75 Å². The van der Waals surface area contributed by atoms with Crippen molar-refractivity contribution in [3.63, 3.8) is 0 Å². The molecule has 1 saturated heterocycles. The molecule has 0 spiro atoms. The molecule has 3 nitrogen and oxygen atoms in total. The Morgan fingerprint density at radius 3 is 2.93 bits per heavy atom. The van der Waals surface area contributed by atoms with E-state index in [9.17, 15) is 5.11 Å². The fraction of sp³-hybridized carbons (Fsp3) is 0.455. The molecule has 0 bridgehead atoms. The zero-order valence-corrected chi connectivity index (χ0v) is 9.34. The number of ether oxygens (including phenoxy) is 1. The number of hydrogen-bond donors (Lipinski definition) is 2. The van der Waals surface area contributed by atoms with E-state index in [1.807, 2.05) is 13.0 Å². The minimum Gasteiger partial charge on any atom is -0.506 e. The summed E-state index contributed by atoms with van der Waals surface area (Å²) in [4.78, 5) is 0. The highest BCUT2D eigenvalue weighted by Gasteiger charge is 2.17. The van der Waals surface area contributed by atoms with Crippen molar-refractivity contribution in [2.45, 2.75) is 13.0 Å². The van der Waals surface area contributed by atoms with E-state index >= 15 is 0 Å². The van der Waals surface area contributed by atoms with Crippen molar-refractivity contribution in [1.82, 2.24) is 5.32 Å². The molecule has 1 aliphatic rings. The monoisotopic (exact) mass is 227 g/mol. The van der Waals surface area contributed by atoms with E-state index in [4.69, 9.17) is 16.3 Å². The Morgan fingerprint density at radius 2 is 2.33 bits per heavy atom. The third-order valence-electron chi connectivity index (χ3n) is 2.60. The summed E-state index contributed by atoms with van der Waals surface area (Å²) >= 11 is 5.92. The molecule has 0 radical (unpaired) electrons. The lowest BCUT2D eigenvalue weighted by molar-refractivity contribution is 0.0768. The van der Waals surface area contributed by atoms with E-state index < -0.39 is 0 Å². The van der Waals surface area contributed by atoms with E-state index in [-0.39, 0.29) is 11.8 Å². The molecule has 15 heavy (non-hydrogen) atoms. The quantitative estimate of drug-likeness (QED) is 0.771. The number of aromatic hydroxyl groups is 1. The van der Waals surface area contributed by atoms with Crippen molar-refractivity contribution in [2.24, 2.45) is 0 Å². The van der Waals surface area contributed by atoms with Crippen LogP contribution in [0.3, 0.4) is 0 Å². The summed E-state index contributed by atoms with van der Waals surface area (Å²) in [7, 11) is 0. The van der Waals surface area contributed by atoms with Crippen LogP contribution in [0.4, 0.5) is 0 Å². The topological polar surface area (TPSA) is 41.5 Å². The molecule has 0 amide bonds. The summed E-state index contributed by atoms with van der Waals surface area (Å²) in [5, 5.41) is 13.3. The van der Waals surface area contributed by atoms with Crippen LogP contribution in [0.2, 0.25) is 5.02 Å². The highest BCUT2D eigenvalue weighted by molar-refractivity contribution is 6.32. The number of aryl methyl sites for hydroxylation is 1. The lowest BCUT2D eigenvalue weighted by atomic mass is 10.0. The third kappa shape index (κ3) is 2.25. The molecule has 1 aromatic rings. The van der Waals surface area contributed by atoms with Crippen LogP contribution in [0, 0.1) is 6.92 Å². The summed E-state index contributed by atoms with van der Waals surface area (Å²) in [6.07, 6.45) is 0. The molecule has 1 unspecified atom stereocenters. The van der Waals surface area contributed by atoms with Gasteiger partial charge in [0.2, 0.25) is 0 Å². The molecular weight excluding hydrogens is 214 g/mol. The Kier molecular flexibility index (Phi) is 3.14. The van der Waals surface area contributed by atoms with Gasteiger partial charge in [-0.2, -0.15) is 0 Å². The second-order valence-electron chi connectivity index (χ2n) is 3.75. The van der Waals surface area contributed by atoms with Crippen LogP contribution in [0.25, 0.3) is 0 Å². The first-order valence-corrected chi connectivity index (χ1v) is 5.36. The van der Waals surface area contributed by atoms with Gasteiger partial charge < -0.3 is 15.2 Å². The Bertz CT molecular complexity index is 339. The smallest absolute Gasteiger partial charge is 0.137 e. The number of hydrogen-bond acceptors (Lipinski definition) is 3. The van der Waals surface area contributed by atoms with Gasteiger partial charge in [-0.3, -0.25) is 0 Å². The van der Waals surface area contributed by atoms with Gasteiger partial charge in [0.1, 0.15) is 5.75 Å². The molecule has 1 heterocycles. The summed E-state index contributed by atoms with van der Waals surface area (Å²) in [6, 6.07) is 3.90. The number of morpholine rings is 1. The lowest BCUT2D eigenvalue weighted by Crippen LogP contribution is -2.34. The summed E-state index contributed by atoms with van der Waals surface area (Å²) in [5.41, 5.74) is 1.86. The van der Waals surface area contributed by atoms with Crippen LogP contribution in [-0.4, -0.2) is 24.9 Å². The van der Waals surface area contributed by atoms with Gasteiger partial charge in [-0.25, -0.2) is 0 Å². The average molecular weight is 228 g/mol. The average Bonchev–Trinajstić information content (AvgIpc) is 2.26. The molecular formula is C11H14ClNO2. The Labute approximate surface area is 94.0 Å². The number of phenols is 1. The standard InChI is InChI=1S/C11H14ClNO2/c1-7-4-8(5-9(12)11(7)14)10-6-15-3-2-13-10/h4-5,10,13-14H,2-3,6H2,1H3. The number of rotatable bonds is 1. The molecule has 2 N–H and O–H groups in total. The van der Waals surface area contributed by atoms with E-state index in [2.05, 4.69) is 5.32 Å². The fourth-order valence-corrected chi connectivity index (χ4v) is 2.02. The predicted molar refractivity (Wildman–Crippen MR) is 59.4 cm³/mol. The van der Waals surface area contributed by atoms with Crippen molar-refractivity contribution in [2.75, 3.05) is 19.8 Å². The second kappa shape index (κ2) is 4.39. The van der Waals surface area contributed by atoms with Crippen LogP contribution in [-0.2, 0) is 4.74 Å². The van der Waals surface area contributed by atoms with Gasteiger partial charge in [0.15, 0.2) is 0 Å². The molecule has 1 fully saturated rings. The molecule has 1 aromatic carbocycles. The van der Waals surface area contributed by atoms with Gasteiger partial charge >= 0.3 is 0 Å². The number of nitrogens with one attached hydrogen (secondary N) is 1. The highest BCUT2D eigenvalue weighted by atomic mass is 35.5. The minimum atomic E-state index is 0.164. The Hall–Kier alpha value is -0.770. The molecule has 0 aromatic heterocycles. The summed E-state index contributed by atoms with van der Waals surface area (Å²) in [6.45, 7) is 4.10. The highest BCUT2D eigenvalue weighted by Crippen LogP contribution is 2.31. The molecule has 82 valence electrons. The van der Waals surface area contributed by atoms with Crippen molar-refractivity contribution in [3.8, 4) is 5.75 Å². The maximum atomic E-state index is 9.55. The molecule has 1 aliphatic heterocycles. The Morgan fingerprint density at radius 1 is 1.53 bits per heavy atom. The zero-order chi connectivity index (χ0) is 10.8. The number of halogens is 1.